The Morgan fingerprint density at radius 1 is 1.14 bits per heavy atom. The first kappa shape index (κ1) is 17.0. The van der Waals surface area contributed by atoms with Crippen LogP contribution in [0.5, 0.6) is 0 Å². The van der Waals surface area contributed by atoms with Crippen molar-refractivity contribution in [2.24, 2.45) is 0 Å². The number of aryl methyl sites for hydroxylation is 1. The van der Waals surface area contributed by atoms with Crippen molar-refractivity contribution < 1.29 is 9.72 Å². The summed E-state index contributed by atoms with van der Waals surface area (Å²) in [6.07, 6.45) is 6.82. The lowest BCUT2D eigenvalue weighted by Gasteiger charge is -2.36. The Balaban J connectivity index is 1.57. The molecule has 1 aromatic heterocycles. The topological polar surface area (TPSA) is 79.2 Å². The highest BCUT2D eigenvalue weighted by atomic mass is 16.6. The average molecular weight is 375 g/mol. The van der Waals surface area contributed by atoms with Gasteiger partial charge in [0.05, 0.1) is 16.5 Å². The molecule has 2 aliphatic rings. The summed E-state index contributed by atoms with van der Waals surface area (Å²) in [5.74, 6) is -0.0315. The zero-order valence-corrected chi connectivity index (χ0v) is 15.4. The highest BCUT2D eigenvalue weighted by Gasteiger charge is 2.40. The van der Waals surface area contributed by atoms with Crippen molar-refractivity contribution in [1.82, 2.24) is 9.88 Å². The van der Waals surface area contributed by atoms with Gasteiger partial charge < -0.3 is 9.88 Å². The molecule has 5 rings (SSSR count). The molecule has 2 aromatic carbocycles. The van der Waals surface area contributed by atoms with Gasteiger partial charge in [-0.2, -0.15) is 0 Å². The van der Waals surface area contributed by atoms with Gasteiger partial charge in [0.2, 0.25) is 0 Å². The molecule has 0 radical (unpaired) electrons. The van der Waals surface area contributed by atoms with E-state index in [-0.39, 0.29) is 23.7 Å². The lowest BCUT2D eigenvalue weighted by Crippen LogP contribution is -2.38. The summed E-state index contributed by atoms with van der Waals surface area (Å²) in [7, 11) is 0. The predicted octanol–water partition coefficient (Wildman–Crippen LogP) is 4.76. The Labute approximate surface area is 162 Å². The number of nitrogens with one attached hydrogen (secondary N) is 1. The van der Waals surface area contributed by atoms with Gasteiger partial charge in [-0.25, -0.2) is 0 Å². The summed E-state index contributed by atoms with van der Waals surface area (Å²) in [6.45, 7) is 0. The Morgan fingerprint density at radius 2 is 1.96 bits per heavy atom. The summed E-state index contributed by atoms with van der Waals surface area (Å²) < 4.78 is 0. The van der Waals surface area contributed by atoms with Gasteiger partial charge in [-0.3, -0.25) is 14.9 Å². The molecule has 1 saturated carbocycles. The van der Waals surface area contributed by atoms with Gasteiger partial charge in [0.25, 0.3) is 11.6 Å². The van der Waals surface area contributed by atoms with E-state index in [0.717, 1.165) is 37.6 Å². The molecule has 6 heteroatoms. The molecule has 28 heavy (non-hydrogen) atoms. The number of fused-ring (bicyclic) bond motifs is 2. The number of nitrogens with zero attached hydrogens (tertiary/aromatic N) is 2. The van der Waals surface area contributed by atoms with E-state index in [1.54, 1.807) is 12.3 Å². The second-order valence-corrected chi connectivity index (χ2v) is 7.74. The molecule has 0 spiro atoms. The fourth-order valence-corrected chi connectivity index (χ4v) is 4.47. The number of H-pyrrole nitrogens is 1. The highest BCUT2D eigenvalue weighted by molar-refractivity contribution is 6.07. The Kier molecular flexibility index (Phi) is 3.93. The smallest absolute Gasteiger partial charge is 0.270 e. The normalized spacial score (nSPS) is 18.6. The van der Waals surface area contributed by atoms with E-state index in [0.29, 0.717) is 10.9 Å². The van der Waals surface area contributed by atoms with E-state index >= 15 is 0 Å². The van der Waals surface area contributed by atoms with Crippen molar-refractivity contribution in [3.8, 4) is 0 Å². The van der Waals surface area contributed by atoms with Gasteiger partial charge in [-0.05, 0) is 49.3 Å². The molecule has 2 aliphatic carbocycles. The van der Waals surface area contributed by atoms with Gasteiger partial charge >= 0.3 is 0 Å². The number of benzene rings is 2. The monoisotopic (exact) mass is 375 g/mol. The van der Waals surface area contributed by atoms with Crippen LogP contribution in [0.25, 0.3) is 10.9 Å². The second kappa shape index (κ2) is 6.48. The molecular weight excluding hydrogens is 354 g/mol. The molecule has 1 amide bonds. The van der Waals surface area contributed by atoms with Crippen LogP contribution in [0.4, 0.5) is 5.69 Å². The van der Waals surface area contributed by atoms with Crippen molar-refractivity contribution >= 4 is 22.5 Å². The van der Waals surface area contributed by atoms with Crippen LogP contribution in [0.2, 0.25) is 0 Å². The van der Waals surface area contributed by atoms with E-state index in [9.17, 15) is 14.9 Å². The van der Waals surface area contributed by atoms with Crippen LogP contribution in [0.1, 0.15) is 53.2 Å². The Morgan fingerprint density at radius 3 is 2.75 bits per heavy atom. The number of rotatable bonds is 4. The molecule has 1 fully saturated rings. The first-order chi connectivity index (χ1) is 13.6. The lowest BCUT2D eigenvalue weighted by atomic mass is 9.86. The van der Waals surface area contributed by atoms with Crippen LogP contribution >= 0.6 is 0 Å². The number of hydrogen-bond acceptors (Lipinski definition) is 3. The number of amides is 1. The van der Waals surface area contributed by atoms with E-state index in [1.165, 1.54) is 23.3 Å². The quantitative estimate of drug-likeness (QED) is 0.527. The van der Waals surface area contributed by atoms with Crippen LogP contribution in [-0.2, 0) is 6.42 Å². The summed E-state index contributed by atoms with van der Waals surface area (Å²) in [6, 6.07) is 13.4. The summed E-state index contributed by atoms with van der Waals surface area (Å²) in [5.41, 5.74) is 3.84. The van der Waals surface area contributed by atoms with E-state index < -0.39 is 4.92 Å². The third-order valence-electron chi connectivity index (χ3n) is 5.95. The summed E-state index contributed by atoms with van der Waals surface area (Å²) >= 11 is 0. The molecule has 142 valence electrons. The number of carbonyl (C=O) groups excluding carboxylic acids is 1. The van der Waals surface area contributed by atoms with Crippen LogP contribution in [0.3, 0.4) is 0 Å². The van der Waals surface area contributed by atoms with Gasteiger partial charge in [-0.15, -0.1) is 0 Å². The zero-order chi connectivity index (χ0) is 19.3. The van der Waals surface area contributed by atoms with Gasteiger partial charge in [0.1, 0.15) is 0 Å². The average Bonchev–Trinajstić information content (AvgIpc) is 3.45. The van der Waals surface area contributed by atoms with Crippen molar-refractivity contribution in [3.05, 3.63) is 75.5 Å². The molecule has 1 atom stereocenters. The van der Waals surface area contributed by atoms with Crippen LogP contribution in [0, 0.1) is 10.1 Å². The zero-order valence-electron chi connectivity index (χ0n) is 15.4. The molecule has 0 bridgehead atoms. The molecule has 1 heterocycles. The minimum atomic E-state index is -0.420. The summed E-state index contributed by atoms with van der Waals surface area (Å²) in [5, 5.41) is 11.8. The van der Waals surface area contributed by atoms with Crippen molar-refractivity contribution in [2.75, 3.05) is 0 Å². The number of aromatic nitrogens is 1. The van der Waals surface area contributed by atoms with Gasteiger partial charge in [0, 0.05) is 35.3 Å². The second-order valence-electron chi connectivity index (χ2n) is 7.74. The molecule has 6 nitrogen and oxygen atoms in total. The van der Waals surface area contributed by atoms with Crippen molar-refractivity contribution in [1.29, 1.82) is 0 Å². The van der Waals surface area contributed by atoms with Crippen molar-refractivity contribution in [3.63, 3.8) is 0 Å². The molecule has 3 aromatic rings. The number of nitro benzene ring substituents is 1. The minimum Gasteiger partial charge on any atom is -0.360 e. The summed E-state index contributed by atoms with van der Waals surface area (Å²) in [4.78, 5) is 29.5. The molecule has 0 saturated heterocycles. The van der Waals surface area contributed by atoms with Gasteiger partial charge in [0.15, 0.2) is 0 Å². The third kappa shape index (κ3) is 2.76. The number of carbonyl (C=O) groups is 1. The van der Waals surface area contributed by atoms with Crippen LogP contribution in [-0.4, -0.2) is 26.8 Å². The largest absolute Gasteiger partial charge is 0.360 e. The standard InChI is InChI=1S/C22H21N3O3/c26-22(19-13-23-20-11-10-16(25(27)28)12-18(19)20)24(15-8-9-15)21-7-3-5-14-4-1-2-6-17(14)21/h1-2,4,6,10-13,15,21,23H,3,5,7-9H2. The fraction of sp³-hybridized carbons (Fsp3) is 0.318. The molecule has 1 unspecified atom stereocenters. The Bertz CT molecular complexity index is 1080. The minimum absolute atomic E-state index is 0.00198. The highest BCUT2D eigenvalue weighted by Crippen LogP contribution is 2.42. The molecule has 1 N–H and O–H groups in total. The maximum atomic E-state index is 13.6. The molecular formula is C22H21N3O3. The molecule has 0 aliphatic heterocycles. The van der Waals surface area contributed by atoms with Crippen LogP contribution in [0.15, 0.2) is 48.7 Å². The number of aromatic amines is 1. The number of non-ortho nitro benzene ring substituents is 1. The lowest BCUT2D eigenvalue weighted by molar-refractivity contribution is -0.384. The Hall–Kier alpha value is -3.15. The van der Waals surface area contributed by atoms with E-state index in [1.807, 2.05) is 11.0 Å². The number of hydrogen-bond donors (Lipinski definition) is 1. The van der Waals surface area contributed by atoms with Gasteiger partial charge in [-0.1, -0.05) is 24.3 Å². The van der Waals surface area contributed by atoms with E-state index in [4.69, 9.17) is 0 Å². The first-order valence-electron chi connectivity index (χ1n) is 9.79. The van der Waals surface area contributed by atoms with E-state index in [2.05, 4.69) is 23.2 Å². The maximum Gasteiger partial charge on any atom is 0.270 e. The van der Waals surface area contributed by atoms with Crippen molar-refractivity contribution in [2.45, 2.75) is 44.2 Å². The van der Waals surface area contributed by atoms with Crippen LogP contribution < -0.4 is 0 Å². The number of nitro groups is 1. The predicted molar refractivity (Wildman–Crippen MR) is 106 cm³/mol. The first-order valence-corrected chi connectivity index (χ1v) is 9.79. The SMILES string of the molecule is O=C(c1c[nH]c2ccc([N+](=O)[O-])cc12)N(C1CC1)C1CCCc2ccccc21. The maximum absolute atomic E-state index is 13.6. The third-order valence-corrected chi connectivity index (χ3v) is 5.95. The fourth-order valence-electron chi connectivity index (χ4n) is 4.47.